The topological polar surface area (TPSA) is 43.4 Å². The molecule has 0 heterocycles. The number of esters is 1. The molecule has 27 heavy (non-hydrogen) atoms. The van der Waals surface area contributed by atoms with Crippen LogP contribution in [0, 0.1) is 5.82 Å². The van der Waals surface area contributed by atoms with Crippen LogP contribution in [0.15, 0.2) is 52.9 Å². The number of hydrogen-bond acceptors (Lipinski definition) is 3. The second-order valence-electron chi connectivity index (χ2n) is 6.36. The lowest BCUT2D eigenvalue weighted by Crippen LogP contribution is -2.04. The SMILES string of the molecule is CCOC(=O)CC1=C(C)/C(=C/c2ccc(S(C)=O)cc2)c2ccc(F)cc21. The van der Waals surface area contributed by atoms with Gasteiger partial charge in [0, 0.05) is 22.0 Å². The molecule has 3 rings (SSSR count). The van der Waals surface area contributed by atoms with Crippen LogP contribution in [0.2, 0.25) is 0 Å². The highest BCUT2D eigenvalue weighted by atomic mass is 32.2. The number of carbonyl (C=O) groups excluding carboxylic acids is 1. The van der Waals surface area contributed by atoms with Crippen LogP contribution in [0.4, 0.5) is 4.39 Å². The lowest BCUT2D eigenvalue weighted by molar-refractivity contribution is -0.141. The smallest absolute Gasteiger partial charge is 0.310 e. The van der Waals surface area contributed by atoms with Gasteiger partial charge in [-0.3, -0.25) is 9.00 Å². The van der Waals surface area contributed by atoms with Crippen LogP contribution in [-0.4, -0.2) is 23.0 Å². The van der Waals surface area contributed by atoms with Gasteiger partial charge in [0.2, 0.25) is 0 Å². The zero-order valence-electron chi connectivity index (χ0n) is 15.5. The average Bonchev–Trinajstić information content (AvgIpc) is 2.87. The summed E-state index contributed by atoms with van der Waals surface area (Å²) in [5.74, 6) is -0.656. The predicted octanol–water partition coefficient (Wildman–Crippen LogP) is 4.84. The Balaban J connectivity index is 2.05. The molecule has 0 radical (unpaired) electrons. The Morgan fingerprint density at radius 2 is 1.85 bits per heavy atom. The maximum Gasteiger partial charge on any atom is 0.310 e. The third-order valence-electron chi connectivity index (χ3n) is 4.60. The predicted molar refractivity (Wildman–Crippen MR) is 107 cm³/mol. The molecule has 0 fully saturated rings. The molecule has 1 unspecified atom stereocenters. The Morgan fingerprint density at radius 3 is 2.48 bits per heavy atom. The number of allylic oxidation sites excluding steroid dienone is 2. The second kappa shape index (κ2) is 8.01. The van der Waals surface area contributed by atoms with E-state index in [1.807, 2.05) is 37.3 Å². The van der Waals surface area contributed by atoms with E-state index in [2.05, 4.69) is 0 Å². The maximum atomic E-state index is 13.8. The van der Waals surface area contributed by atoms with E-state index in [4.69, 9.17) is 4.74 Å². The van der Waals surface area contributed by atoms with E-state index in [0.29, 0.717) is 6.61 Å². The molecule has 0 spiro atoms. The monoisotopic (exact) mass is 384 g/mol. The van der Waals surface area contributed by atoms with Crippen molar-refractivity contribution < 1.29 is 18.1 Å². The number of halogens is 1. The van der Waals surface area contributed by atoms with Crippen LogP contribution < -0.4 is 0 Å². The molecular formula is C22H21FO3S. The molecular weight excluding hydrogens is 363 g/mol. The van der Waals surface area contributed by atoms with Crippen molar-refractivity contribution in [1.82, 2.24) is 0 Å². The Labute approximate surface area is 161 Å². The van der Waals surface area contributed by atoms with Gasteiger partial charge < -0.3 is 4.74 Å². The third-order valence-corrected chi connectivity index (χ3v) is 5.54. The van der Waals surface area contributed by atoms with Crippen molar-refractivity contribution >= 4 is 34.0 Å². The first kappa shape index (κ1) is 19.2. The number of carbonyl (C=O) groups is 1. The zero-order chi connectivity index (χ0) is 19.6. The molecule has 2 aromatic rings. The summed E-state index contributed by atoms with van der Waals surface area (Å²) in [6.07, 6.45) is 3.76. The summed E-state index contributed by atoms with van der Waals surface area (Å²) in [6.45, 7) is 4.02. The molecule has 2 aromatic carbocycles. The van der Waals surface area contributed by atoms with Gasteiger partial charge in [-0.05, 0) is 77.6 Å². The van der Waals surface area contributed by atoms with Crippen molar-refractivity contribution in [3.63, 3.8) is 0 Å². The minimum Gasteiger partial charge on any atom is -0.466 e. The highest BCUT2D eigenvalue weighted by Crippen LogP contribution is 2.43. The second-order valence-corrected chi connectivity index (χ2v) is 7.74. The van der Waals surface area contributed by atoms with E-state index in [0.717, 1.165) is 38.3 Å². The number of hydrogen-bond donors (Lipinski definition) is 0. The summed E-state index contributed by atoms with van der Waals surface area (Å²) < 4.78 is 30.5. The summed E-state index contributed by atoms with van der Waals surface area (Å²) in [7, 11) is -1.02. The number of fused-ring (bicyclic) bond motifs is 1. The van der Waals surface area contributed by atoms with Crippen molar-refractivity contribution in [2.24, 2.45) is 0 Å². The van der Waals surface area contributed by atoms with E-state index in [1.54, 1.807) is 19.2 Å². The molecule has 0 N–H and O–H groups in total. The molecule has 140 valence electrons. The maximum absolute atomic E-state index is 13.8. The van der Waals surface area contributed by atoms with Gasteiger partial charge in [-0.15, -0.1) is 0 Å². The molecule has 0 saturated heterocycles. The Hall–Kier alpha value is -2.53. The quantitative estimate of drug-likeness (QED) is 0.693. The van der Waals surface area contributed by atoms with Crippen LogP contribution in [0.1, 0.15) is 37.0 Å². The van der Waals surface area contributed by atoms with E-state index >= 15 is 0 Å². The fraction of sp³-hybridized carbons (Fsp3) is 0.227. The minimum atomic E-state index is -1.02. The van der Waals surface area contributed by atoms with Crippen molar-refractivity contribution in [1.29, 1.82) is 0 Å². The van der Waals surface area contributed by atoms with Crippen molar-refractivity contribution in [2.45, 2.75) is 25.2 Å². The largest absolute Gasteiger partial charge is 0.466 e. The van der Waals surface area contributed by atoms with Gasteiger partial charge in [0.15, 0.2) is 0 Å². The average molecular weight is 384 g/mol. The van der Waals surface area contributed by atoms with Crippen LogP contribution in [0.5, 0.6) is 0 Å². The van der Waals surface area contributed by atoms with Gasteiger partial charge in [-0.2, -0.15) is 0 Å². The summed E-state index contributed by atoms with van der Waals surface area (Å²) in [4.78, 5) is 12.8. The number of benzene rings is 2. The Morgan fingerprint density at radius 1 is 1.15 bits per heavy atom. The molecule has 1 aliphatic rings. The molecule has 0 amide bonds. The van der Waals surface area contributed by atoms with Crippen molar-refractivity contribution in [3.8, 4) is 0 Å². The normalized spacial score (nSPS) is 15.8. The molecule has 0 bridgehead atoms. The van der Waals surface area contributed by atoms with Crippen molar-refractivity contribution in [2.75, 3.05) is 12.9 Å². The first-order valence-corrected chi connectivity index (χ1v) is 10.3. The molecule has 1 atom stereocenters. The first-order valence-electron chi connectivity index (χ1n) is 8.72. The fourth-order valence-corrected chi connectivity index (χ4v) is 3.78. The van der Waals surface area contributed by atoms with Gasteiger partial charge in [0.1, 0.15) is 5.82 Å². The number of rotatable bonds is 5. The molecule has 0 aliphatic heterocycles. The lowest BCUT2D eigenvalue weighted by atomic mass is 10.0. The van der Waals surface area contributed by atoms with Gasteiger partial charge >= 0.3 is 5.97 Å². The van der Waals surface area contributed by atoms with Gasteiger partial charge in [-0.25, -0.2) is 4.39 Å². The molecule has 5 heteroatoms. The van der Waals surface area contributed by atoms with Crippen LogP contribution >= 0.6 is 0 Å². The molecule has 3 nitrogen and oxygen atoms in total. The van der Waals surface area contributed by atoms with Crippen LogP contribution in [-0.2, 0) is 20.3 Å². The van der Waals surface area contributed by atoms with Gasteiger partial charge in [0.05, 0.1) is 13.0 Å². The molecule has 0 saturated carbocycles. The standard InChI is InChI=1S/C22H21FO3S/c1-4-26-22(24)13-20-14(2)19(18-10-7-16(23)12-21(18)20)11-15-5-8-17(9-6-15)27(3)25/h5-12H,4,13H2,1-3H3/b19-11-. The van der Waals surface area contributed by atoms with E-state index < -0.39 is 10.8 Å². The van der Waals surface area contributed by atoms with E-state index in [1.165, 1.54) is 12.1 Å². The summed E-state index contributed by atoms with van der Waals surface area (Å²) in [5, 5.41) is 0. The Kier molecular flexibility index (Phi) is 5.71. The van der Waals surface area contributed by atoms with Gasteiger partial charge in [0.25, 0.3) is 0 Å². The third kappa shape index (κ3) is 4.08. The molecule has 0 aromatic heterocycles. The van der Waals surface area contributed by atoms with Crippen molar-refractivity contribution in [3.05, 3.63) is 70.5 Å². The first-order chi connectivity index (χ1) is 12.9. The minimum absolute atomic E-state index is 0.112. The summed E-state index contributed by atoms with van der Waals surface area (Å²) >= 11 is 0. The molecule has 1 aliphatic carbocycles. The van der Waals surface area contributed by atoms with Crippen LogP contribution in [0.3, 0.4) is 0 Å². The highest BCUT2D eigenvalue weighted by Gasteiger charge is 2.26. The summed E-state index contributed by atoms with van der Waals surface area (Å²) in [6, 6.07) is 12.1. The van der Waals surface area contributed by atoms with Crippen LogP contribution in [0.25, 0.3) is 17.2 Å². The Bertz CT molecular complexity index is 972. The lowest BCUT2D eigenvalue weighted by Gasteiger charge is -2.06. The number of ether oxygens (including phenoxy) is 1. The van der Waals surface area contributed by atoms with E-state index in [-0.39, 0.29) is 18.2 Å². The van der Waals surface area contributed by atoms with E-state index in [9.17, 15) is 13.4 Å². The zero-order valence-corrected chi connectivity index (χ0v) is 16.4. The van der Waals surface area contributed by atoms with Gasteiger partial charge in [-0.1, -0.05) is 18.2 Å². The highest BCUT2D eigenvalue weighted by molar-refractivity contribution is 7.84. The summed E-state index contributed by atoms with van der Waals surface area (Å²) in [5.41, 5.74) is 5.27. The fourth-order valence-electron chi connectivity index (χ4n) is 3.26.